The van der Waals surface area contributed by atoms with Gasteiger partial charge in [-0.1, -0.05) is 35.9 Å². The summed E-state index contributed by atoms with van der Waals surface area (Å²) < 4.78 is 1.21. The molecule has 0 aliphatic heterocycles. The van der Waals surface area contributed by atoms with Crippen LogP contribution in [0.3, 0.4) is 0 Å². The Morgan fingerprint density at radius 3 is 1.40 bits per heavy atom. The van der Waals surface area contributed by atoms with Gasteiger partial charge in [-0.2, -0.15) is 0 Å². The molecule has 15 heavy (non-hydrogen) atoms. The first-order valence-corrected chi connectivity index (χ1v) is 5.93. The molecule has 0 aromatic heterocycles. The first-order valence-electron chi connectivity index (χ1n) is 5.93. The van der Waals surface area contributed by atoms with Crippen LogP contribution in [0.1, 0.15) is 26.3 Å². The van der Waals surface area contributed by atoms with Crippen molar-refractivity contribution in [3.05, 3.63) is 35.9 Å². The van der Waals surface area contributed by atoms with Crippen LogP contribution in [0.5, 0.6) is 0 Å². The molecule has 0 saturated carbocycles. The lowest BCUT2D eigenvalue weighted by Gasteiger charge is -2.30. The molecule has 86 valence electrons. The maximum absolute atomic E-state index is 2.29. The van der Waals surface area contributed by atoms with Gasteiger partial charge in [-0.05, 0) is 27.7 Å². The molecule has 0 N–H and O–H groups in total. The van der Waals surface area contributed by atoms with Crippen LogP contribution in [-0.4, -0.2) is 31.2 Å². The van der Waals surface area contributed by atoms with E-state index in [9.17, 15) is 0 Å². The van der Waals surface area contributed by atoms with Crippen LogP contribution in [0.25, 0.3) is 0 Å². The van der Waals surface area contributed by atoms with E-state index < -0.39 is 0 Å². The molecule has 0 amide bonds. The predicted molar refractivity (Wildman–Crippen MR) is 69.0 cm³/mol. The van der Waals surface area contributed by atoms with Gasteiger partial charge in [0.05, 0.1) is 26.7 Å². The fourth-order valence-electron chi connectivity index (χ4n) is 1.21. The third-order valence-corrected chi connectivity index (χ3v) is 3.23. The number of hydrogen-bond acceptors (Lipinski definition) is 0. The molecular formula is C14H26N+. The summed E-state index contributed by atoms with van der Waals surface area (Å²) in [7, 11) is 2.29. The van der Waals surface area contributed by atoms with E-state index in [1.54, 1.807) is 0 Å². The number of benzene rings is 1. The lowest BCUT2D eigenvalue weighted by molar-refractivity contribution is -0.904. The first kappa shape index (κ1) is 14.2. The van der Waals surface area contributed by atoms with Gasteiger partial charge in [-0.25, -0.2) is 0 Å². The molecule has 1 aromatic rings. The zero-order chi connectivity index (χ0) is 11.7. The van der Waals surface area contributed by atoms with Crippen molar-refractivity contribution in [3.8, 4) is 0 Å². The Kier molecular flexibility index (Phi) is 7.06. The second-order valence-electron chi connectivity index (χ2n) is 4.22. The summed E-state index contributed by atoms with van der Waals surface area (Å²) in [5, 5.41) is 0. The van der Waals surface area contributed by atoms with E-state index in [0.717, 1.165) is 0 Å². The Morgan fingerprint density at radius 2 is 1.27 bits per heavy atom. The fraction of sp³-hybridized carbons (Fsp3) is 0.571. The molecule has 0 radical (unpaired) electrons. The van der Waals surface area contributed by atoms with Crippen molar-refractivity contribution in [3.63, 3.8) is 0 Å². The number of rotatable bonds is 3. The van der Waals surface area contributed by atoms with Crippen molar-refractivity contribution >= 4 is 0 Å². The van der Waals surface area contributed by atoms with Crippen LogP contribution in [0.2, 0.25) is 0 Å². The molecule has 0 aliphatic rings. The molecule has 0 saturated heterocycles. The van der Waals surface area contributed by atoms with Crippen molar-refractivity contribution in [1.29, 1.82) is 0 Å². The van der Waals surface area contributed by atoms with Gasteiger partial charge in [0.25, 0.3) is 0 Å². The number of nitrogens with zero attached hydrogens (tertiary/aromatic N) is 1. The van der Waals surface area contributed by atoms with Crippen molar-refractivity contribution < 1.29 is 4.48 Å². The average molecular weight is 208 g/mol. The van der Waals surface area contributed by atoms with Gasteiger partial charge in [0.1, 0.15) is 0 Å². The van der Waals surface area contributed by atoms with Gasteiger partial charge < -0.3 is 4.48 Å². The molecule has 0 heterocycles. The minimum atomic E-state index is 1.21. The molecule has 1 aromatic carbocycles. The van der Waals surface area contributed by atoms with E-state index in [1.165, 1.54) is 29.7 Å². The lowest BCUT2D eigenvalue weighted by atomic mass is 10.2. The molecular weight excluding hydrogens is 182 g/mol. The van der Waals surface area contributed by atoms with Crippen molar-refractivity contribution in [2.75, 3.05) is 26.7 Å². The first-order chi connectivity index (χ1) is 7.08. The Balaban J connectivity index is 0.000000262. The minimum absolute atomic E-state index is 1.21. The highest BCUT2D eigenvalue weighted by molar-refractivity contribution is 5.11. The van der Waals surface area contributed by atoms with Crippen LogP contribution in [0.15, 0.2) is 30.3 Å². The summed E-state index contributed by atoms with van der Waals surface area (Å²) in [4.78, 5) is 0. The van der Waals surface area contributed by atoms with Crippen LogP contribution in [-0.2, 0) is 0 Å². The SMILES string of the molecule is CC[N+](C)(CC)CC.Cc1ccccc1. The van der Waals surface area contributed by atoms with E-state index in [2.05, 4.69) is 46.9 Å². The summed E-state index contributed by atoms with van der Waals surface area (Å²) in [5.41, 5.74) is 1.32. The van der Waals surface area contributed by atoms with E-state index in [1.807, 2.05) is 18.2 Å². The van der Waals surface area contributed by atoms with Gasteiger partial charge in [-0.15, -0.1) is 0 Å². The molecule has 1 rings (SSSR count). The van der Waals surface area contributed by atoms with Crippen molar-refractivity contribution in [2.24, 2.45) is 0 Å². The quantitative estimate of drug-likeness (QED) is 0.667. The maximum Gasteiger partial charge on any atom is 0.0755 e. The number of hydrogen-bond donors (Lipinski definition) is 0. The summed E-state index contributed by atoms with van der Waals surface area (Å²) in [6, 6.07) is 10.3. The molecule has 0 bridgehead atoms. The molecule has 1 nitrogen and oxygen atoms in total. The Bertz CT molecular complexity index is 229. The standard InChI is InChI=1S/C7H18N.C7H8/c1-5-8(4,6-2)7-3;1-7-5-3-2-4-6-7/h5-7H2,1-4H3;2-6H,1H3/q+1;. The maximum atomic E-state index is 2.29. The highest BCUT2D eigenvalue weighted by Gasteiger charge is 2.10. The third kappa shape index (κ3) is 6.29. The zero-order valence-corrected chi connectivity index (χ0v) is 11.0. The van der Waals surface area contributed by atoms with Gasteiger partial charge in [-0.3, -0.25) is 0 Å². The van der Waals surface area contributed by atoms with Crippen molar-refractivity contribution in [2.45, 2.75) is 27.7 Å². The lowest BCUT2D eigenvalue weighted by Crippen LogP contribution is -2.42. The largest absolute Gasteiger partial charge is 0.327 e. The monoisotopic (exact) mass is 208 g/mol. The van der Waals surface area contributed by atoms with E-state index in [0.29, 0.717) is 0 Å². The van der Waals surface area contributed by atoms with Crippen LogP contribution >= 0.6 is 0 Å². The Morgan fingerprint density at radius 1 is 0.867 bits per heavy atom. The second-order valence-corrected chi connectivity index (χ2v) is 4.22. The average Bonchev–Trinajstić information content (AvgIpc) is 2.30. The summed E-state index contributed by atoms with van der Waals surface area (Å²) >= 11 is 0. The molecule has 0 unspecified atom stereocenters. The normalized spacial score (nSPS) is 10.5. The smallest absolute Gasteiger partial charge is 0.0755 e. The summed E-state index contributed by atoms with van der Waals surface area (Å²) in [6.45, 7) is 12.6. The number of quaternary nitrogens is 1. The zero-order valence-electron chi connectivity index (χ0n) is 11.0. The van der Waals surface area contributed by atoms with Gasteiger partial charge in [0, 0.05) is 0 Å². The van der Waals surface area contributed by atoms with E-state index in [4.69, 9.17) is 0 Å². The molecule has 0 fully saturated rings. The fourth-order valence-corrected chi connectivity index (χ4v) is 1.21. The topological polar surface area (TPSA) is 0 Å². The van der Waals surface area contributed by atoms with E-state index in [-0.39, 0.29) is 0 Å². The van der Waals surface area contributed by atoms with Gasteiger partial charge in [0.2, 0.25) is 0 Å². The summed E-state index contributed by atoms with van der Waals surface area (Å²) in [5.74, 6) is 0. The summed E-state index contributed by atoms with van der Waals surface area (Å²) in [6.07, 6.45) is 0. The van der Waals surface area contributed by atoms with Gasteiger partial charge in [0.15, 0.2) is 0 Å². The van der Waals surface area contributed by atoms with Crippen LogP contribution in [0.4, 0.5) is 0 Å². The Labute approximate surface area is 95.3 Å². The number of aryl methyl sites for hydroxylation is 1. The molecule has 0 spiro atoms. The second kappa shape index (κ2) is 7.47. The minimum Gasteiger partial charge on any atom is -0.327 e. The Hall–Kier alpha value is -0.820. The molecule has 0 atom stereocenters. The third-order valence-electron chi connectivity index (χ3n) is 3.23. The molecule has 1 heteroatoms. The highest BCUT2D eigenvalue weighted by atomic mass is 15.3. The highest BCUT2D eigenvalue weighted by Crippen LogP contribution is 1.97. The van der Waals surface area contributed by atoms with Crippen LogP contribution in [0, 0.1) is 6.92 Å². The van der Waals surface area contributed by atoms with Crippen LogP contribution < -0.4 is 0 Å². The molecule has 0 aliphatic carbocycles. The van der Waals surface area contributed by atoms with Crippen molar-refractivity contribution in [1.82, 2.24) is 0 Å². The van der Waals surface area contributed by atoms with Gasteiger partial charge >= 0.3 is 0 Å². The predicted octanol–water partition coefficient (Wildman–Crippen LogP) is 3.49. The van der Waals surface area contributed by atoms with E-state index >= 15 is 0 Å².